The summed E-state index contributed by atoms with van der Waals surface area (Å²) < 4.78 is 1.17. The summed E-state index contributed by atoms with van der Waals surface area (Å²) in [6.07, 6.45) is 0. The van der Waals surface area contributed by atoms with Gasteiger partial charge in [-0.25, -0.2) is 9.78 Å². The lowest BCUT2D eigenvalue weighted by molar-refractivity contribution is 0.0690. The van der Waals surface area contributed by atoms with Gasteiger partial charge in [0.05, 0.1) is 4.88 Å². The van der Waals surface area contributed by atoms with Gasteiger partial charge < -0.3 is 10.1 Å². The number of nitrogens with zero attached hydrogens (tertiary/aromatic N) is 1. The first-order valence-corrected chi connectivity index (χ1v) is 6.25. The second kappa shape index (κ2) is 3.96. The van der Waals surface area contributed by atoms with Crippen LogP contribution in [0.3, 0.4) is 0 Å². The molecule has 0 amide bonds. The highest BCUT2D eigenvalue weighted by Crippen LogP contribution is 2.32. The minimum Gasteiger partial charge on any atom is -0.476 e. The van der Waals surface area contributed by atoms with Crippen molar-refractivity contribution in [2.45, 2.75) is 6.92 Å². The van der Waals surface area contributed by atoms with Crippen molar-refractivity contribution in [3.63, 3.8) is 0 Å². The molecule has 90 valence electrons. The van der Waals surface area contributed by atoms with Crippen LogP contribution in [0, 0.1) is 6.92 Å². The van der Waals surface area contributed by atoms with E-state index in [0.717, 1.165) is 10.3 Å². The summed E-state index contributed by atoms with van der Waals surface area (Å²) in [5.74, 6) is -0.387. The normalized spacial score (nSPS) is 10.9. The van der Waals surface area contributed by atoms with E-state index in [4.69, 9.17) is 5.11 Å². The molecule has 0 bridgehead atoms. The van der Waals surface area contributed by atoms with Crippen LogP contribution in [0.2, 0.25) is 0 Å². The Morgan fingerprint density at radius 2 is 2.17 bits per heavy atom. The lowest BCUT2D eigenvalue weighted by atomic mass is 10.2. The highest BCUT2D eigenvalue weighted by Gasteiger charge is 2.15. The maximum atomic E-state index is 11.0. The second-order valence-electron chi connectivity index (χ2n) is 4.01. The Morgan fingerprint density at radius 1 is 1.39 bits per heavy atom. The SMILES string of the molecule is Cc1[nH]c(-c2cc3ccccc3s2)nc1C(=O)O. The first-order valence-electron chi connectivity index (χ1n) is 5.44. The molecule has 3 rings (SSSR count). The third-order valence-corrected chi connectivity index (χ3v) is 3.87. The largest absolute Gasteiger partial charge is 0.476 e. The summed E-state index contributed by atoms with van der Waals surface area (Å²) >= 11 is 1.60. The molecule has 0 unspecified atom stereocenters. The van der Waals surface area contributed by atoms with Crippen LogP contribution >= 0.6 is 11.3 Å². The molecule has 0 saturated heterocycles. The number of aromatic nitrogens is 2. The average molecular weight is 258 g/mol. The zero-order chi connectivity index (χ0) is 12.7. The molecule has 2 heterocycles. The van der Waals surface area contributed by atoms with Gasteiger partial charge in [0, 0.05) is 10.4 Å². The van der Waals surface area contributed by atoms with Gasteiger partial charge in [0.1, 0.15) is 5.82 Å². The number of carbonyl (C=O) groups is 1. The second-order valence-corrected chi connectivity index (χ2v) is 5.10. The van der Waals surface area contributed by atoms with E-state index in [2.05, 4.69) is 9.97 Å². The van der Waals surface area contributed by atoms with Crippen molar-refractivity contribution >= 4 is 27.4 Å². The van der Waals surface area contributed by atoms with Crippen LogP contribution in [-0.2, 0) is 0 Å². The Morgan fingerprint density at radius 3 is 2.83 bits per heavy atom. The van der Waals surface area contributed by atoms with Gasteiger partial charge in [-0.3, -0.25) is 0 Å². The maximum Gasteiger partial charge on any atom is 0.356 e. The quantitative estimate of drug-likeness (QED) is 0.741. The number of aromatic carboxylic acids is 1. The fraction of sp³-hybridized carbons (Fsp3) is 0.0769. The Labute approximate surface area is 107 Å². The fourth-order valence-electron chi connectivity index (χ4n) is 1.88. The summed E-state index contributed by atoms with van der Waals surface area (Å²) in [6, 6.07) is 10.1. The van der Waals surface area contributed by atoms with Crippen LogP contribution in [0.5, 0.6) is 0 Å². The summed E-state index contributed by atoms with van der Waals surface area (Å²) in [7, 11) is 0. The zero-order valence-corrected chi connectivity index (χ0v) is 10.4. The molecule has 0 spiro atoms. The summed E-state index contributed by atoms with van der Waals surface area (Å²) in [5, 5.41) is 10.1. The molecule has 5 heteroatoms. The Hall–Kier alpha value is -2.14. The molecule has 2 N–H and O–H groups in total. The number of aromatic amines is 1. The van der Waals surface area contributed by atoms with E-state index >= 15 is 0 Å². The van der Waals surface area contributed by atoms with Gasteiger partial charge in [-0.1, -0.05) is 18.2 Å². The molecule has 0 radical (unpaired) electrons. The van der Waals surface area contributed by atoms with Crippen molar-refractivity contribution in [1.29, 1.82) is 0 Å². The van der Waals surface area contributed by atoms with Crippen molar-refractivity contribution in [3.8, 4) is 10.7 Å². The van der Waals surface area contributed by atoms with Crippen LogP contribution in [0.25, 0.3) is 20.8 Å². The molecule has 0 aliphatic heterocycles. The van der Waals surface area contributed by atoms with Crippen molar-refractivity contribution in [2.75, 3.05) is 0 Å². The first kappa shape index (κ1) is 11.0. The minimum absolute atomic E-state index is 0.0856. The van der Waals surface area contributed by atoms with Gasteiger partial charge in [0.15, 0.2) is 5.69 Å². The predicted octanol–water partition coefficient (Wildman–Crippen LogP) is 3.30. The Balaban J connectivity index is 2.14. The maximum absolute atomic E-state index is 11.0. The summed E-state index contributed by atoms with van der Waals surface area (Å²) in [5.41, 5.74) is 0.664. The minimum atomic E-state index is -1.00. The number of H-pyrrole nitrogens is 1. The molecule has 0 saturated carbocycles. The Kier molecular flexibility index (Phi) is 2.41. The summed E-state index contributed by atoms with van der Waals surface area (Å²) in [4.78, 5) is 19.1. The number of hydrogen-bond acceptors (Lipinski definition) is 3. The molecule has 0 aliphatic carbocycles. The number of thiophene rings is 1. The molecule has 3 aromatic rings. The first-order chi connectivity index (χ1) is 8.65. The molecule has 0 atom stereocenters. The third kappa shape index (κ3) is 1.69. The van der Waals surface area contributed by atoms with Crippen molar-refractivity contribution in [3.05, 3.63) is 41.7 Å². The smallest absolute Gasteiger partial charge is 0.356 e. The predicted molar refractivity (Wildman–Crippen MR) is 71.1 cm³/mol. The topological polar surface area (TPSA) is 66.0 Å². The van der Waals surface area contributed by atoms with Crippen LogP contribution in [-0.4, -0.2) is 21.0 Å². The highest BCUT2D eigenvalue weighted by atomic mass is 32.1. The van der Waals surface area contributed by atoms with Gasteiger partial charge in [0.2, 0.25) is 0 Å². The standard InChI is InChI=1S/C13H10N2O2S/c1-7-11(13(16)17)15-12(14-7)10-6-8-4-2-3-5-9(8)18-10/h2-6H,1H3,(H,14,15)(H,16,17). The molecule has 2 aromatic heterocycles. The number of nitrogens with one attached hydrogen (secondary N) is 1. The van der Waals surface area contributed by atoms with Crippen molar-refractivity contribution in [2.24, 2.45) is 0 Å². The van der Waals surface area contributed by atoms with E-state index in [1.807, 2.05) is 30.3 Å². The zero-order valence-electron chi connectivity index (χ0n) is 9.60. The van der Waals surface area contributed by atoms with Gasteiger partial charge in [0.25, 0.3) is 0 Å². The molecule has 1 aromatic carbocycles. The average Bonchev–Trinajstić information content (AvgIpc) is 2.91. The monoisotopic (exact) mass is 258 g/mol. The number of benzene rings is 1. The van der Waals surface area contributed by atoms with Crippen LogP contribution in [0.15, 0.2) is 30.3 Å². The number of carboxylic acids is 1. The van der Waals surface area contributed by atoms with Crippen molar-refractivity contribution in [1.82, 2.24) is 9.97 Å². The van der Waals surface area contributed by atoms with E-state index in [-0.39, 0.29) is 5.69 Å². The third-order valence-electron chi connectivity index (χ3n) is 2.75. The van der Waals surface area contributed by atoms with Crippen molar-refractivity contribution < 1.29 is 9.90 Å². The fourth-order valence-corrected chi connectivity index (χ4v) is 2.89. The lowest BCUT2D eigenvalue weighted by Crippen LogP contribution is -1.98. The number of aryl methyl sites for hydroxylation is 1. The summed E-state index contributed by atoms with van der Waals surface area (Å²) in [6.45, 7) is 1.72. The number of carboxylic acid groups (broad SMARTS) is 1. The number of fused-ring (bicyclic) bond motifs is 1. The van der Waals surface area contributed by atoms with Gasteiger partial charge in [-0.05, 0) is 24.4 Å². The van der Waals surface area contributed by atoms with Crippen LogP contribution < -0.4 is 0 Å². The van der Waals surface area contributed by atoms with Crippen LogP contribution in [0.4, 0.5) is 0 Å². The molecular weight excluding hydrogens is 248 g/mol. The van der Waals surface area contributed by atoms with E-state index in [1.165, 1.54) is 4.70 Å². The Bertz CT molecular complexity index is 709. The van der Waals surface area contributed by atoms with E-state index in [1.54, 1.807) is 18.3 Å². The number of rotatable bonds is 2. The molecule has 18 heavy (non-hydrogen) atoms. The number of hydrogen-bond donors (Lipinski definition) is 2. The van der Waals surface area contributed by atoms with Crippen LogP contribution in [0.1, 0.15) is 16.2 Å². The molecule has 4 nitrogen and oxygen atoms in total. The van der Waals surface area contributed by atoms with E-state index in [0.29, 0.717) is 11.5 Å². The molecule has 0 aliphatic rings. The molecule has 0 fully saturated rings. The highest BCUT2D eigenvalue weighted by molar-refractivity contribution is 7.22. The van der Waals surface area contributed by atoms with Gasteiger partial charge >= 0.3 is 5.97 Å². The van der Waals surface area contributed by atoms with Gasteiger partial charge in [-0.2, -0.15) is 0 Å². The number of imidazole rings is 1. The lowest BCUT2D eigenvalue weighted by Gasteiger charge is -1.87. The molecular formula is C13H10N2O2S. The van der Waals surface area contributed by atoms with E-state index < -0.39 is 5.97 Å². The van der Waals surface area contributed by atoms with E-state index in [9.17, 15) is 4.79 Å². The van der Waals surface area contributed by atoms with Gasteiger partial charge in [-0.15, -0.1) is 11.3 Å².